The van der Waals surface area contributed by atoms with Crippen LogP contribution in [-0.4, -0.2) is 59.3 Å². The molecule has 0 heterocycles. The van der Waals surface area contributed by atoms with E-state index in [4.69, 9.17) is 9.47 Å². The number of rotatable bonds is 13. The average molecular weight is 745 g/mol. The number of nitrogens with one attached hydrogen (secondary N) is 2. The van der Waals surface area contributed by atoms with Gasteiger partial charge in [-0.3, -0.25) is 9.59 Å². The van der Waals surface area contributed by atoms with Gasteiger partial charge in [0, 0.05) is 18.5 Å². The third kappa shape index (κ3) is 8.55. The van der Waals surface area contributed by atoms with Crippen LogP contribution in [0.3, 0.4) is 0 Å². The van der Waals surface area contributed by atoms with E-state index in [1.165, 1.54) is 7.11 Å². The molecular weight excluding hydrogens is 684 g/mol. The summed E-state index contributed by atoms with van der Waals surface area (Å²) in [5.74, 6) is 0.711. The first kappa shape index (κ1) is 39.9. The van der Waals surface area contributed by atoms with Gasteiger partial charge in [0.15, 0.2) is 0 Å². The highest BCUT2D eigenvalue weighted by Gasteiger charge is 2.62. The van der Waals surface area contributed by atoms with Gasteiger partial charge in [0.2, 0.25) is 11.8 Å². The lowest BCUT2D eigenvalue weighted by Gasteiger charge is -2.62. The van der Waals surface area contributed by atoms with Gasteiger partial charge in [-0.05, 0) is 140 Å². The van der Waals surface area contributed by atoms with E-state index in [0.717, 1.165) is 56.9 Å². The molecule has 10 nitrogen and oxygen atoms in total. The molecule has 54 heavy (non-hydrogen) atoms. The summed E-state index contributed by atoms with van der Waals surface area (Å²) < 4.78 is 10.3. The molecule has 4 aliphatic carbocycles. The molecule has 4 N–H and O–H groups in total. The van der Waals surface area contributed by atoms with Crippen LogP contribution in [0.4, 0.5) is 5.69 Å². The van der Waals surface area contributed by atoms with E-state index in [0.29, 0.717) is 47.3 Å². The molecule has 0 aromatic heterocycles. The Morgan fingerprint density at radius 1 is 0.833 bits per heavy atom. The molecule has 0 aliphatic heterocycles. The summed E-state index contributed by atoms with van der Waals surface area (Å²) in [6.45, 7) is 7.18. The minimum absolute atomic E-state index is 0.0310. The first-order chi connectivity index (χ1) is 25.8. The fourth-order valence-electron chi connectivity index (χ4n) is 11.4. The molecule has 4 saturated carbocycles. The maximum absolute atomic E-state index is 13.5. The third-order valence-electron chi connectivity index (χ3n) is 14.3. The minimum Gasteiger partial charge on any atom is -0.465 e. The van der Waals surface area contributed by atoms with Crippen LogP contribution in [0.25, 0.3) is 0 Å². The van der Waals surface area contributed by atoms with Crippen molar-refractivity contribution < 1.29 is 38.9 Å². The summed E-state index contributed by atoms with van der Waals surface area (Å²) in [5, 5.41) is 27.7. The van der Waals surface area contributed by atoms with E-state index >= 15 is 0 Å². The number of anilines is 1. The number of carbonyl (C=O) groups is 4. The number of benzene rings is 2. The van der Waals surface area contributed by atoms with Gasteiger partial charge in [-0.15, -0.1) is 0 Å². The van der Waals surface area contributed by atoms with Crippen LogP contribution in [0.15, 0.2) is 54.6 Å². The van der Waals surface area contributed by atoms with Crippen molar-refractivity contribution >= 4 is 29.4 Å². The third-order valence-corrected chi connectivity index (χ3v) is 14.3. The Hall–Kier alpha value is -3.76. The van der Waals surface area contributed by atoms with Gasteiger partial charge in [-0.1, -0.05) is 51.1 Å². The summed E-state index contributed by atoms with van der Waals surface area (Å²) in [4.78, 5) is 51.5. The van der Waals surface area contributed by atoms with Crippen molar-refractivity contribution in [2.24, 2.45) is 46.3 Å². The normalized spacial score (nSPS) is 32.5. The number of hydrogen-bond acceptors (Lipinski definition) is 8. The zero-order chi connectivity index (χ0) is 38.6. The molecule has 4 aliphatic rings. The molecule has 2 aromatic carbocycles. The standard InChI is InChI=1S/C44H60N2O8/c1-27(33-15-16-34-40-35(21-23-44(33,34)3)43(2)22-20-32(47)24-30(43)25-37(40)48)10-18-39(50)46-36(42(52)54-26-28-8-6-5-7-9-28)17-19-38(49)45-31-13-11-29(12-14-31)41(51)53-4/h5-9,11-14,27,30,32-37,40,47-48H,10,15-26H2,1-4H3,(H,45,49)(H,46,50)/t27-,30+,32-,33-,34+,35+,36+,37-,40+,43+,44-/m1/s1. The number of carbonyl (C=O) groups excluding carboxylic acids is 4. The fourth-order valence-corrected chi connectivity index (χ4v) is 11.4. The summed E-state index contributed by atoms with van der Waals surface area (Å²) in [6.07, 6.45) is 8.36. The monoisotopic (exact) mass is 744 g/mol. The van der Waals surface area contributed by atoms with E-state index in [-0.39, 0.29) is 66.6 Å². The maximum Gasteiger partial charge on any atom is 0.337 e. The Bertz CT molecular complexity index is 1630. The number of amides is 2. The SMILES string of the molecule is COC(=O)c1ccc(NC(=O)CC[C@H](NC(=O)CC[C@@H](C)[C@H]2CC[C@H]3[C@@H]4[C@H](O)C[C@@H]5C[C@H](O)CC[C@]5(C)[C@H]4CC[C@]23C)C(=O)OCc2ccccc2)cc1. The second kappa shape index (κ2) is 16.9. The van der Waals surface area contributed by atoms with E-state index in [2.05, 4.69) is 31.4 Å². The van der Waals surface area contributed by atoms with Gasteiger partial charge in [-0.25, -0.2) is 9.59 Å². The van der Waals surface area contributed by atoms with Crippen LogP contribution >= 0.6 is 0 Å². The number of aliphatic hydroxyl groups is 2. The second-order valence-corrected chi connectivity index (χ2v) is 17.3. The number of fused-ring (bicyclic) bond motifs is 5. The zero-order valence-corrected chi connectivity index (χ0v) is 32.4. The summed E-state index contributed by atoms with van der Waals surface area (Å²) >= 11 is 0. The molecule has 2 aromatic rings. The molecule has 11 atom stereocenters. The van der Waals surface area contributed by atoms with Gasteiger partial charge in [0.25, 0.3) is 0 Å². The molecule has 294 valence electrons. The van der Waals surface area contributed by atoms with Gasteiger partial charge < -0.3 is 30.3 Å². The molecule has 0 unspecified atom stereocenters. The lowest BCUT2D eigenvalue weighted by molar-refractivity contribution is -0.174. The van der Waals surface area contributed by atoms with Crippen LogP contribution in [0, 0.1) is 46.3 Å². The van der Waals surface area contributed by atoms with Gasteiger partial charge >= 0.3 is 11.9 Å². The number of esters is 2. The van der Waals surface area contributed by atoms with Crippen molar-refractivity contribution in [3.63, 3.8) is 0 Å². The molecule has 0 radical (unpaired) electrons. The zero-order valence-electron chi connectivity index (χ0n) is 32.4. The smallest absolute Gasteiger partial charge is 0.337 e. The van der Waals surface area contributed by atoms with Gasteiger partial charge in [0.1, 0.15) is 12.6 Å². The molecule has 0 spiro atoms. The topological polar surface area (TPSA) is 151 Å². The highest BCUT2D eigenvalue weighted by molar-refractivity contribution is 5.93. The minimum atomic E-state index is -0.994. The van der Waals surface area contributed by atoms with E-state index < -0.39 is 18.0 Å². The maximum atomic E-state index is 13.5. The Balaban J connectivity index is 1.05. The Kier molecular flexibility index (Phi) is 12.5. The van der Waals surface area contributed by atoms with Crippen LogP contribution in [0.5, 0.6) is 0 Å². The Morgan fingerprint density at radius 3 is 2.24 bits per heavy atom. The number of methoxy groups -OCH3 is 1. The van der Waals surface area contributed by atoms with Crippen molar-refractivity contribution in [1.29, 1.82) is 0 Å². The van der Waals surface area contributed by atoms with Crippen LogP contribution < -0.4 is 10.6 Å². The van der Waals surface area contributed by atoms with E-state index in [1.807, 2.05) is 30.3 Å². The first-order valence-corrected chi connectivity index (χ1v) is 20.2. The lowest BCUT2D eigenvalue weighted by Crippen LogP contribution is -2.58. The quantitative estimate of drug-likeness (QED) is 0.163. The Labute approximate surface area is 320 Å². The van der Waals surface area contributed by atoms with Crippen LogP contribution in [-0.2, 0) is 30.5 Å². The van der Waals surface area contributed by atoms with Crippen molar-refractivity contribution in [3.05, 3.63) is 65.7 Å². The largest absolute Gasteiger partial charge is 0.465 e. The number of ether oxygens (including phenoxy) is 2. The number of hydrogen-bond donors (Lipinski definition) is 4. The summed E-state index contributed by atoms with van der Waals surface area (Å²) in [5.41, 5.74) is 1.97. The predicted octanol–water partition coefficient (Wildman–Crippen LogP) is 6.83. The highest BCUT2D eigenvalue weighted by atomic mass is 16.5. The van der Waals surface area contributed by atoms with Crippen LogP contribution in [0.1, 0.15) is 114 Å². The molecular formula is C44H60N2O8. The fraction of sp³-hybridized carbons (Fsp3) is 0.636. The Morgan fingerprint density at radius 2 is 1.52 bits per heavy atom. The molecule has 0 saturated heterocycles. The van der Waals surface area contributed by atoms with E-state index in [1.54, 1.807) is 24.3 Å². The molecule has 2 amide bonds. The van der Waals surface area contributed by atoms with Crippen molar-refractivity contribution in [3.8, 4) is 0 Å². The molecule has 6 rings (SSSR count). The van der Waals surface area contributed by atoms with Crippen molar-refractivity contribution in [1.82, 2.24) is 5.32 Å². The van der Waals surface area contributed by atoms with Gasteiger partial charge in [0.05, 0.1) is 24.9 Å². The van der Waals surface area contributed by atoms with Crippen LogP contribution in [0.2, 0.25) is 0 Å². The van der Waals surface area contributed by atoms with Crippen molar-refractivity contribution in [2.75, 3.05) is 12.4 Å². The molecule has 4 fully saturated rings. The first-order valence-electron chi connectivity index (χ1n) is 20.2. The molecule has 10 heteroatoms. The summed E-state index contributed by atoms with van der Waals surface area (Å²) in [6, 6.07) is 14.6. The predicted molar refractivity (Wildman–Crippen MR) is 205 cm³/mol. The lowest BCUT2D eigenvalue weighted by atomic mass is 9.43. The summed E-state index contributed by atoms with van der Waals surface area (Å²) in [7, 11) is 1.30. The number of aliphatic hydroxyl groups excluding tert-OH is 2. The van der Waals surface area contributed by atoms with Gasteiger partial charge in [-0.2, -0.15) is 0 Å². The molecule has 0 bridgehead atoms. The average Bonchev–Trinajstić information content (AvgIpc) is 3.52. The highest BCUT2D eigenvalue weighted by Crippen LogP contribution is 2.68. The second-order valence-electron chi connectivity index (χ2n) is 17.3. The van der Waals surface area contributed by atoms with E-state index in [9.17, 15) is 29.4 Å². The van der Waals surface area contributed by atoms with Crippen molar-refractivity contribution in [2.45, 2.75) is 123 Å².